The summed E-state index contributed by atoms with van der Waals surface area (Å²) in [6.45, 7) is 8.40. The van der Waals surface area contributed by atoms with Crippen molar-refractivity contribution in [3.05, 3.63) is 12.2 Å². The lowest BCUT2D eigenvalue weighted by molar-refractivity contribution is 0.659. The fourth-order valence-corrected chi connectivity index (χ4v) is 1.53. The maximum absolute atomic E-state index is 4.38. The van der Waals surface area contributed by atoms with Gasteiger partial charge in [-0.25, -0.2) is 9.97 Å². The molecule has 90 valence electrons. The largest absolute Gasteiger partial charge is 0.341 e. The van der Waals surface area contributed by atoms with Gasteiger partial charge < -0.3 is 4.90 Å². The molecule has 0 spiro atoms. The van der Waals surface area contributed by atoms with Crippen molar-refractivity contribution in [2.45, 2.75) is 46.5 Å². The van der Waals surface area contributed by atoms with Crippen molar-refractivity contribution in [2.75, 3.05) is 18.0 Å². The first-order valence-corrected chi connectivity index (χ1v) is 6.18. The van der Waals surface area contributed by atoms with E-state index in [2.05, 4.69) is 33.7 Å². The molecule has 1 aromatic heterocycles. The van der Waals surface area contributed by atoms with Crippen LogP contribution in [0.1, 0.15) is 45.4 Å². The molecule has 0 saturated carbocycles. The molecule has 0 aliphatic rings. The Morgan fingerprint density at radius 3 is 2.19 bits per heavy atom. The molecule has 1 aromatic rings. The Hall–Kier alpha value is -1.19. The van der Waals surface area contributed by atoms with Crippen molar-refractivity contribution in [3.8, 4) is 0 Å². The van der Waals surface area contributed by atoms with Crippen LogP contribution < -0.4 is 4.90 Å². The quantitative estimate of drug-likeness (QED) is 0.711. The van der Waals surface area contributed by atoms with Crippen LogP contribution in [0, 0.1) is 6.92 Å². The Labute approximate surface area is 98.1 Å². The molecule has 0 aliphatic carbocycles. The molecule has 0 amide bonds. The molecule has 0 atom stereocenters. The van der Waals surface area contributed by atoms with Crippen LogP contribution in [-0.4, -0.2) is 28.0 Å². The molecule has 0 unspecified atom stereocenters. The average molecular weight is 222 g/mol. The van der Waals surface area contributed by atoms with Gasteiger partial charge in [0.05, 0.1) is 0 Å². The second-order valence-electron chi connectivity index (χ2n) is 4.03. The van der Waals surface area contributed by atoms with E-state index < -0.39 is 0 Å². The molecule has 0 saturated heterocycles. The Balaban J connectivity index is 2.66. The van der Waals surface area contributed by atoms with Gasteiger partial charge in [0, 0.05) is 13.1 Å². The van der Waals surface area contributed by atoms with Crippen LogP contribution in [0.15, 0.2) is 6.33 Å². The van der Waals surface area contributed by atoms with Gasteiger partial charge in [0.15, 0.2) is 0 Å². The third-order valence-corrected chi connectivity index (χ3v) is 2.53. The lowest BCUT2D eigenvalue weighted by Gasteiger charge is -2.21. The number of nitrogens with zero attached hydrogens (tertiary/aromatic N) is 4. The summed E-state index contributed by atoms with van der Waals surface area (Å²) in [6, 6.07) is 0. The molecular formula is C12H22N4. The van der Waals surface area contributed by atoms with E-state index in [1.54, 1.807) is 6.33 Å². The van der Waals surface area contributed by atoms with Crippen LogP contribution in [0.4, 0.5) is 5.95 Å². The predicted octanol–water partition coefficient (Wildman–Crippen LogP) is 2.59. The van der Waals surface area contributed by atoms with Crippen molar-refractivity contribution in [1.29, 1.82) is 0 Å². The van der Waals surface area contributed by atoms with Gasteiger partial charge in [-0.2, -0.15) is 4.98 Å². The second kappa shape index (κ2) is 7.14. The lowest BCUT2D eigenvalue weighted by atomic mass is 10.3. The van der Waals surface area contributed by atoms with Crippen LogP contribution in [-0.2, 0) is 0 Å². The van der Waals surface area contributed by atoms with Crippen molar-refractivity contribution < 1.29 is 0 Å². The van der Waals surface area contributed by atoms with Crippen LogP contribution >= 0.6 is 0 Å². The van der Waals surface area contributed by atoms with Gasteiger partial charge in [-0.05, 0) is 19.8 Å². The highest BCUT2D eigenvalue weighted by molar-refractivity contribution is 5.27. The Kier molecular flexibility index (Phi) is 5.75. The zero-order valence-electron chi connectivity index (χ0n) is 10.6. The number of hydrogen-bond acceptors (Lipinski definition) is 4. The maximum atomic E-state index is 4.38. The molecule has 1 heterocycles. The Morgan fingerprint density at radius 1 is 1.06 bits per heavy atom. The molecule has 0 fully saturated rings. The summed E-state index contributed by atoms with van der Waals surface area (Å²) in [7, 11) is 0. The van der Waals surface area contributed by atoms with E-state index in [0.29, 0.717) is 0 Å². The molecule has 16 heavy (non-hydrogen) atoms. The molecule has 4 nitrogen and oxygen atoms in total. The number of unbranched alkanes of at least 4 members (excludes halogenated alkanes) is 2. The summed E-state index contributed by atoms with van der Waals surface area (Å²) in [4.78, 5) is 14.9. The summed E-state index contributed by atoms with van der Waals surface area (Å²) in [5.74, 6) is 1.62. The maximum Gasteiger partial charge on any atom is 0.228 e. The monoisotopic (exact) mass is 222 g/mol. The molecule has 1 rings (SSSR count). The Morgan fingerprint density at radius 2 is 1.69 bits per heavy atom. The van der Waals surface area contributed by atoms with Gasteiger partial charge in [0.2, 0.25) is 5.95 Å². The molecular weight excluding hydrogens is 200 g/mol. The zero-order valence-corrected chi connectivity index (χ0v) is 10.6. The molecule has 0 aromatic carbocycles. The van der Waals surface area contributed by atoms with Crippen LogP contribution in [0.25, 0.3) is 0 Å². The van der Waals surface area contributed by atoms with Crippen molar-refractivity contribution in [2.24, 2.45) is 0 Å². The van der Waals surface area contributed by atoms with E-state index >= 15 is 0 Å². The van der Waals surface area contributed by atoms with Gasteiger partial charge in [-0.1, -0.05) is 26.7 Å². The van der Waals surface area contributed by atoms with Crippen molar-refractivity contribution >= 4 is 5.95 Å². The number of rotatable bonds is 7. The normalized spacial score (nSPS) is 10.4. The van der Waals surface area contributed by atoms with Crippen LogP contribution in [0.3, 0.4) is 0 Å². The first kappa shape index (κ1) is 12.9. The average Bonchev–Trinajstić information content (AvgIpc) is 2.29. The van der Waals surface area contributed by atoms with E-state index in [0.717, 1.165) is 24.9 Å². The van der Waals surface area contributed by atoms with E-state index in [1.807, 2.05) is 6.92 Å². The summed E-state index contributed by atoms with van der Waals surface area (Å²) < 4.78 is 0. The van der Waals surface area contributed by atoms with Crippen molar-refractivity contribution in [3.63, 3.8) is 0 Å². The van der Waals surface area contributed by atoms with Gasteiger partial charge in [-0.15, -0.1) is 0 Å². The van der Waals surface area contributed by atoms with E-state index in [9.17, 15) is 0 Å². The second-order valence-corrected chi connectivity index (χ2v) is 4.03. The van der Waals surface area contributed by atoms with Crippen molar-refractivity contribution in [1.82, 2.24) is 15.0 Å². The SMILES string of the molecule is CCCCN(CCCC)c1ncnc(C)n1. The fourth-order valence-electron chi connectivity index (χ4n) is 1.53. The van der Waals surface area contributed by atoms with E-state index in [-0.39, 0.29) is 0 Å². The number of aryl methyl sites for hydroxylation is 1. The smallest absolute Gasteiger partial charge is 0.228 e. The third kappa shape index (κ3) is 4.13. The summed E-state index contributed by atoms with van der Waals surface area (Å²) in [6.07, 6.45) is 6.38. The van der Waals surface area contributed by atoms with E-state index in [1.165, 1.54) is 25.7 Å². The molecule has 0 bridgehead atoms. The first-order valence-electron chi connectivity index (χ1n) is 6.18. The highest BCUT2D eigenvalue weighted by Gasteiger charge is 2.08. The minimum atomic E-state index is 0.794. The highest BCUT2D eigenvalue weighted by Crippen LogP contribution is 2.09. The third-order valence-electron chi connectivity index (χ3n) is 2.53. The van der Waals surface area contributed by atoms with Gasteiger partial charge in [0.1, 0.15) is 12.2 Å². The number of anilines is 1. The fraction of sp³-hybridized carbons (Fsp3) is 0.750. The predicted molar refractivity (Wildman–Crippen MR) is 66.6 cm³/mol. The van der Waals surface area contributed by atoms with Gasteiger partial charge in [0.25, 0.3) is 0 Å². The van der Waals surface area contributed by atoms with Crippen LogP contribution in [0.5, 0.6) is 0 Å². The Bertz CT molecular complexity index is 293. The minimum Gasteiger partial charge on any atom is -0.341 e. The molecule has 0 radical (unpaired) electrons. The topological polar surface area (TPSA) is 41.9 Å². The molecule has 0 aliphatic heterocycles. The zero-order chi connectivity index (χ0) is 11.8. The minimum absolute atomic E-state index is 0.794. The molecule has 0 N–H and O–H groups in total. The van der Waals surface area contributed by atoms with Crippen LogP contribution in [0.2, 0.25) is 0 Å². The first-order chi connectivity index (χ1) is 7.77. The number of hydrogen-bond donors (Lipinski definition) is 0. The van der Waals surface area contributed by atoms with Gasteiger partial charge >= 0.3 is 0 Å². The van der Waals surface area contributed by atoms with Gasteiger partial charge in [-0.3, -0.25) is 0 Å². The standard InChI is InChI=1S/C12H22N4/c1-4-6-8-16(9-7-5-2)12-14-10-13-11(3)15-12/h10H,4-9H2,1-3H3. The number of aromatic nitrogens is 3. The summed E-state index contributed by atoms with van der Waals surface area (Å²) in [5, 5.41) is 0. The summed E-state index contributed by atoms with van der Waals surface area (Å²) in [5.41, 5.74) is 0. The van der Waals surface area contributed by atoms with E-state index in [4.69, 9.17) is 0 Å². The summed E-state index contributed by atoms with van der Waals surface area (Å²) >= 11 is 0. The molecule has 4 heteroatoms. The lowest BCUT2D eigenvalue weighted by Crippen LogP contribution is -2.27. The highest BCUT2D eigenvalue weighted by atomic mass is 15.3.